The zero-order valence-electron chi connectivity index (χ0n) is 15.0. The van der Waals surface area contributed by atoms with Gasteiger partial charge in [-0.25, -0.2) is 0 Å². The second-order valence-electron chi connectivity index (χ2n) is 7.45. The molecule has 4 heterocycles. The first-order valence-electron chi connectivity index (χ1n) is 9.40. The normalized spacial score (nSPS) is 44.4. The van der Waals surface area contributed by atoms with Crippen molar-refractivity contribution < 1.29 is 42.8 Å². The monoisotopic (exact) mass is 414 g/mol. The highest BCUT2D eigenvalue weighted by Gasteiger charge is 2.53. The fourth-order valence-corrected chi connectivity index (χ4v) is 6.09. The van der Waals surface area contributed by atoms with Crippen molar-refractivity contribution in [1.82, 2.24) is 0 Å². The molecule has 9 nitrogen and oxygen atoms in total. The van der Waals surface area contributed by atoms with Gasteiger partial charge in [0, 0.05) is 0 Å². The molecule has 4 aliphatic heterocycles. The number of hydrogen-bond donors (Lipinski definition) is 2. The quantitative estimate of drug-likeness (QED) is 0.621. The summed E-state index contributed by atoms with van der Waals surface area (Å²) >= 11 is 0. The highest BCUT2D eigenvalue weighted by atomic mass is 31.2. The Kier molecular flexibility index (Phi) is 5.07. The Morgan fingerprint density at radius 2 is 1.21 bits per heavy atom. The van der Waals surface area contributed by atoms with E-state index in [2.05, 4.69) is 0 Å². The Morgan fingerprint density at radius 1 is 0.750 bits per heavy atom. The van der Waals surface area contributed by atoms with E-state index in [0.29, 0.717) is 5.30 Å². The summed E-state index contributed by atoms with van der Waals surface area (Å²) in [5.41, 5.74) is 0. The molecule has 4 saturated heterocycles. The third kappa shape index (κ3) is 3.25. The molecule has 9 atom stereocenters. The van der Waals surface area contributed by atoms with Crippen LogP contribution in [0.2, 0.25) is 0 Å². The number of ether oxygens (including phenoxy) is 4. The van der Waals surface area contributed by atoms with Crippen molar-refractivity contribution in [1.29, 1.82) is 0 Å². The van der Waals surface area contributed by atoms with Crippen molar-refractivity contribution in [2.75, 3.05) is 26.4 Å². The number of benzene rings is 1. The third-order valence-electron chi connectivity index (χ3n) is 5.58. The van der Waals surface area contributed by atoms with Gasteiger partial charge in [0.1, 0.15) is 48.8 Å². The van der Waals surface area contributed by atoms with Gasteiger partial charge in [-0.15, -0.1) is 0 Å². The van der Waals surface area contributed by atoms with Gasteiger partial charge < -0.3 is 29.2 Å². The van der Waals surface area contributed by atoms with Gasteiger partial charge in [-0.05, 0) is 12.1 Å². The average molecular weight is 414 g/mol. The van der Waals surface area contributed by atoms with Gasteiger partial charge in [0.05, 0.1) is 31.7 Å². The van der Waals surface area contributed by atoms with Crippen LogP contribution in [0.25, 0.3) is 0 Å². The minimum atomic E-state index is -3.79. The van der Waals surface area contributed by atoms with Crippen LogP contribution in [-0.2, 0) is 32.6 Å². The maximum atomic E-state index is 13.9. The van der Waals surface area contributed by atoms with Crippen molar-refractivity contribution in [2.45, 2.75) is 48.8 Å². The van der Waals surface area contributed by atoms with E-state index in [1.165, 1.54) is 0 Å². The van der Waals surface area contributed by atoms with Crippen LogP contribution in [0.5, 0.6) is 0 Å². The molecule has 5 rings (SSSR count). The second-order valence-corrected chi connectivity index (χ2v) is 9.38. The molecule has 0 aromatic heterocycles. The summed E-state index contributed by atoms with van der Waals surface area (Å²) in [5.74, 6) is 0. The van der Waals surface area contributed by atoms with E-state index in [0.717, 1.165) is 0 Å². The van der Waals surface area contributed by atoms with Crippen molar-refractivity contribution in [3.05, 3.63) is 30.3 Å². The zero-order chi connectivity index (χ0) is 19.3. The molecule has 2 N–H and O–H groups in total. The van der Waals surface area contributed by atoms with Crippen LogP contribution >= 0.6 is 7.60 Å². The Bertz CT molecular complexity index is 706. The second kappa shape index (κ2) is 7.43. The molecule has 0 aliphatic carbocycles. The molecule has 0 saturated carbocycles. The smallest absolute Gasteiger partial charge is 0.362 e. The first-order valence-corrected chi connectivity index (χ1v) is 10.9. The van der Waals surface area contributed by atoms with Crippen molar-refractivity contribution in [2.24, 2.45) is 0 Å². The lowest BCUT2D eigenvalue weighted by Gasteiger charge is -2.27. The van der Waals surface area contributed by atoms with Gasteiger partial charge in [0.15, 0.2) is 0 Å². The van der Waals surface area contributed by atoms with Gasteiger partial charge in [-0.2, -0.15) is 0 Å². The number of fused-ring (bicyclic) bond motifs is 2. The summed E-state index contributed by atoms with van der Waals surface area (Å²) in [6.45, 7) is 0.597. The van der Waals surface area contributed by atoms with Crippen molar-refractivity contribution in [3.63, 3.8) is 0 Å². The molecule has 4 fully saturated rings. The van der Waals surface area contributed by atoms with E-state index < -0.39 is 56.4 Å². The van der Waals surface area contributed by atoms with E-state index in [1.807, 2.05) is 6.07 Å². The summed E-state index contributed by atoms with van der Waals surface area (Å²) in [4.78, 5) is 0. The van der Waals surface area contributed by atoms with Gasteiger partial charge in [-0.3, -0.25) is 13.6 Å². The molecule has 1 aromatic rings. The van der Waals surface area contributed by atoms with Crippen molar-refractivity contribution >= 4 is 12.9 Å². The predicted molar refractivity (Wildman–Crippen MR) is 94.4 cm³/mol. The summed E-state index contributed by atoms with van der Waals surface area (Å²) in [7, 11) is -3.79. The van der Waals surface area contributed by atoms with E-state index in [1.54, 1.807) is 24.3 Å². The Balaban J connectivity index is 1.38. The molecule has 10 heteroatoms. The Labute approximate surface area is 162 Å². The van der Waals surface area contributed by atoms with E-state index >= 15 is 0 Å². The maximum absolute atomic E-state index is 13.9. The van der Waals surface area contributed by atoms with Crippen molar-refractivity contribution in [3.8, 4) is 0 Å². The first kappa shape index (κ1) is 19.1. The van der Waals surface area contributed by atoms with Crippen LogP contribution in [0.15, 0.2) is 30.3 Å². The molecule has 0 bridgehead atoms. The number of aliphatic hydroxyl groups is 2. The van der Waals surface area contributed by atoms with Crippen LogP contribution in [0.4, 0.5) is 0 Å². The zero-order valence-corrected chi connectivity index (χ0v) is 15.9. The third-order valence-corrected chi connectivity index (χ3v) is 7.61. The molecular weight excluding hydrogens is 391 g/mol. The molecule has 1 aromatic carbocycles. The molecule has 0 radical (unpaired) electrons. The summed E-state index contributed by atoms with van der Waals surface area (Å²) in [6, 6.07) is 8.67. The van der Waals surface area contributed by atoms with Crippen LogP contribution in [-0.4, -0.2) is 85.5 Å². The summed E-state index contributed by atoms with van der Waals surface area (Å²) < 4.78 is 48.2. The molecule has 154 valence electrons. The van der Waals surface area contributed by atoms with Gasteiger partial charge in [0.2, 0.25) is 0 Å². The van der Waals surface area contributed by atoms with Gasteiger partial charge >= 0.3 is 7.60 Å². The van der Waals surface area contributed by atoms with E-state index in [9.17, 15) is 14.8 Å². The van der Waals surface area contributed by atoms with E-state index in [-0.39, 0.29) is 26.4 Å². The minimum absolute atomic E-state index is 0.148. The molecule has 1 unspecified atom stereocenters. The van der Waals surface area contributed by atoms with Gasteiger partial charge in [0.25, 0.3) is 0 Å². The molecule has 28 heavy (non-hydrogen) atoms. The fourth-order valence-electron chi connectivity index (χ4n) is 4.18. The SMILES string of the molecule is O=P(O[C@H]1CO[C@H]2[C@@H]1OC[C@H]2O)(O[C@@H]1CO[C@H]2[C@@H]1OC[C@@H]2O)c1ccccc1. The minimum Gasteiger partial charge on any atom is -0.388 e. The van der Waals surface area contributed by atoms with E-state index in [4.69, 9.17) is 28.0 Å². The molecular formula is C18H23O9P. The molecule has 0 amide bonds. The Hall–Kier alpha value is -0.870. The fraction of sp³-hybridized carbons (Fsp3) is 0.667. The maximum Gasteiger partial charge on any atom is 0.362 e. The Morgan fingerprint density at radius 3 is 1.71 bits per heavy atom. The summed E-state index contributed by atoms with van der Waals surface area (Å²) in [5, 5.41) is 20.3. The highest BCUT2D eigenvalue weighted by molar-refractivity contribution is 7.62. The number of hydrogen-bond acceptors (Lipinski definition) is 9. The first-order chi connectivity index (χ1) is 13.5. The standard InChI is InChI=1S/C18H23O9P/c19-11-6-22-17-13(8-24-15(11)17)26-28(21,10-4-2-1-3-5-10)27-14-9-25-16-12(20)7-23-18(14)16/h1-5,11-20H,6-9H2/t11-,12+,13+,14-,15-,16-,17-,18-,28?/m1/s1. The topological polar surface area (TPSA) is 113 Å². The number of aliphatic hydroxyl groups excluding tert-OH is 2. The van der Waals surface area contributed by atoms with Crippen LogP contribution in [0.1, 0.15) is 0 Å². The largest absolute Gasteiger partial charge is 0.388 e. The highest BCUT2D eigenvalue weighted by Crippen LogP contribution is 2.53. The summed E-state index contributed by atoms with van der Waals surface area (Å²) in [6.07, 6.45) is -4.74. The lowest BCUT2D eigenvalue weighted by atomic mass is 10.1. The average Bonchev–Trinajstić information content (AvgIpc) is 3.44. The predicted octanol–water partition coefficient (Wildman–Crippen LogP) is -0.408. The van der Waals surface area contributed by atoms with Crippen LogP contribution in [0.3, 0.4) is 0 Å². The molecule has 4 aliphatic rings. The van der Waals surface area contributed by atoms with Crippen LogP contribution < -0.4 is 5.30 Å². The lowest BCUT2D eigenvalue weighted by Crippen LogP contribution is -2.36. The van der Waals surface area contributed by atoms with Crippen LogP contribution in [0, 0.1) is 0 Å². The van der Waals surface area contributed by atoms with Gasteiger partial charge in [-0.1, -0.05) is 18.2 Å². The molecule has 0 spiro atoms. The lowest BCUT2D eigenvalue weighted by molar-refractivity contribution is -0.0110. The number of rotatable bonds is 5.